The molecule has 114 valence electrons. The molecule has 0 saturated heterocycles. The molecule has 1 fully saturated rings. The zero-order valence-corrected chi connectivity index (χ0v) is 12.5. The van der Waals surface area contributed by atoms with E-state index in [-0.39, 0.29) is 5.92 Å². The van der Waals surface area contributed by atoms with E-state index in [1.807, 2.05) is 6.92 Å². The van der Waals surface area contributed by atoms with Crippen molar-refractivity contribution in [2.24, 2.45) is 11.3 Å². The largest absolute Gasteiger partial charge is 0.394 e. The molecule has 0 nitrogen and oxygen atoms in total. The predicted molar refractivity (Wildman–Crippen MR) is 74.1 cm³/mol. The summed E-state index contributed by atoms with van der Waals surface area (Å²) in [6.45, 7) is 4.15. The highest BCUT2D eigenvalue weighted by atomic mass is 19.4. The quantitative estimate of drug-likeness (QED) is 0.445. The molecule has 1 aliphatic carbocycles. The van der Waals surface area contributed by atoms with Crippen molar-refractivity contribution in [1.29, 1.82) is 0 Å². The van der Waals surface area contributed by atoms with Gasteiger partial charge in [0, 0.05) is 0 Å². The highest BCUT2D eigenvalue weighted by molar-refractivity contribution is 4.95. The monoisotopic (exact) mass is 278 g/mol. The first-order valence-corrected chi connectivity index (χ1v) is 8.04. The van der Waals surface area contributed by atoms with Crippen LogP contribution in [0.3, 0.4) is 0 Å². The summed E-state index contributed by atoms with van der Waals surface area (Å²) in [4.78, 5) is 0. The number of alkyl halides is 3. The van der Waals surface area contributed by atoms with Gasteiger partial charge in [0.1, 0.15) is 0 Å². The lowest BCUT2D eigenvalue weighted by molar-refractivity contribution is -0.243. The van der Waals surface area contributed by atoms with E-state index in [0.717, 1.165) is 57.8 Å². The Labute approximate surface area is 116 Å². The Kier molecular flexibility index (Phi) is 6.68. The average molecular weight is 278 g/mol. The first kappa shape index (κ1) is 16.8. The van der Waals surface area contributed by atoms with Gasteiger partial charge < -0.3 is 0 Å². The molecule has 1 atom stereocenters. The summed E-state index contributed by atoms with van der Waals surface area (Å²) in [5, 5.41) is 0. The van der Waals surface area contributed by atoms with Crippen LogP contribution in [-0.2, 0) is 0 Å². The molecule has 0 heterocycles. The Morgan fingerprint density at radius 1 is 0.895 bits per heavy atom. The minimum atomic E-state index is -4.01. The molecule has 0 amide bonds. The number of rotatable bonds is 8. The molecule has 0 aromatic rings. The zero-order chi connectivity index (χ0) is 14.4. The predicted octanol–water partition coefficient (Wildman–Crippen LogP) is 6.50. The van der Waals surface area contributed by atoms with Crippen LogP contribution in [0.15, 0.2) is 0 Å². The molecule has 0 aromatic heterocycles. The first-order chi connectivity index (χ1) is 8.98. The summed E-state index contributed by atoms with van der Waals surface area (Å²) in [6, 6.07) is 0. The van der Waals surface area contributed by atoms with E-state index in [0.29, 0.717) is 12.8 Å². The Hall–Kier alpha value is -0.210. The molecule has 3 heteroatoms. The molecule has 0 spiro atoms. The van der Waals surface area contributed by atoms with Crippen LogP contribution in [0.1, 0.15) is 84.5 Å². The number of hydrogen-bond acceptors (Lipinski definition) is 0. The van der Waals surface area contributed by atoms with Crippen molar-refractivity contribution in [2.75, 3.05) is 0 Å². The van der Waals surface area contributed by atoms with Gasteiger partial charge in [0.15, 0.2) is 0 Å². The van der Waals surface area contributed by atoms with Gasteiger partial charge in [-0.1, -0.05) is 58.8 Å². The maximum atomic E-state index is 13.6. The molecule has 0 bridgehead atoms. The Balaban J connectivity index is 2.70. The van der Waals surface area contributed by atoms with Crippen LogP contribution in [0, 0.1) is 11.3 Å². The van der Waals surface area contributed by atoms with Gasteiger partial charge >= 0.3 is 6.18 Å². The van der Waals surface area contributed by atoms with Crippen LogP contribution in [0.25, 0.3) is 0 Å². The fourth-order valence-corrected chi connectivity index (χ4v) is 3.79. The van der Waals surface area contributed by atoms with Crippen molar-refractivity contribution in [3.8, 4) is 0 Å². The Bertz CT molecular complexity index is 239. The van der Waals surface area contributed by atoms with Crippen molar-refractivity contribution in [2.45, 2.75) is 90.7 Å². The second-order valence-electron chi connectivity index (χ2n) is 6.20. The van der Waals surface area contributed by atoms with E-state index in [2.05, 4.69) is 6.92 Å². The zero-order valence-electron chi connectivity index (χ0n) is 12.5. The summed E-state index contributed by atoms with van der Waals surface area (Å²) in [7, 11) is 0. The maximum absolute atomic E-state index is 13.6. The molecule has 0 aromatic carbocycles. The Morgan fingerprint density at radius 3 is 2.00 bits per heavy atom. The summed E-state index contributed by atoms with van der Waals surface area (Å²) in [6.07, 6.45) is 4.98. The van der Waals surface area contributed by atoms with Gasteiger partial charge in [-0.15, -0.1) is 0 Å². The SMILES string of the molecule is CCCCCCC(CCC)C1(C(F)(F)F)CCCC1. The highest BCUT2D eigenvalue weighted by Gasteiger charge is 2.58. The van der Waals surface area contributed by atoms with Crippen molar-refractivity contribution in [1.82, 2.24) is 0 Å². The van der Waals surface area contributed by atoms with Crippen molar-refractivity contribution >= 4 is 0 Å². The van der Waals surface area contributed by atoms with Crippen LogP contribution in [0.5, 0.6) is 0 Å². The second kappa shape index (κ2) is 7.54. The molecule has 19 heavy (non-hydrogen) atoms. The van der Waals surface area contributed by atoms with Gasteiger partial charge in [0.25, 0.3) is 0 Å². The normalized spacial score (nSPS) is 20.7. The third-order valence-electron chi connectivity index (χ3n) is 4.89. The van der Waals surface area contributed by atoms with E-state index in [1.54, 1.807) is 0 Å². The lowest BCUT2D eigenvalue weighted by Gasteiger charge is -2.39. The van der Waals surface area contributed by atoms with E-state index in [4.69, 9.17) is 0 Å². The van der Waals surface area contributed by atoms with Gasteiger partial charge in [-0.2, -0.15) is 13.2 Å². The van der Waals surface area contributed by atoms with Crippen LogP contribution in [0.2, 0.25) is 0 Å². The molecular formula is C16H29F3. The van der Waals surface area contributed by atoms with Crippen LogP contribution in [-0.4, -0.2) is 6.18 Å². The Morgan fingerprint density at radius 2 is 1.53 bits per heavy atom. The summed E-state index contributed by atoms with van der Waals surface area (Å²) in [5.74, 6) is -0.142. The molecule has 0 N–H and O–H groups in total. The minimum Gasteiger partial charge on any atom is -0.170 e. The molecule has 1 saturated carbocycles. The minimum absolute atomic E-state index is 0.142. The molecular weight excluding hydrogens is 249 g/mol. The third-order valence-corrected chi connectivity index (χ3v) is 4.89. The molecule has 1 unspecified atom stereocenters. The molecule has 0 radical (unpaired) electrons. The summed E-state index contributed by atoms with van der Waals surface area (Å²) in [5.41, 5.74) is -1.35. The van der Waals surface area contributed by atoms with Crippen LogP contribution >= 0.6 is 0 Å². The van der Waals surface area contributed by atoms with Gasteiger partial charge in [0.2, 0.25) is 0 Å². The number of halogens is 3. The van der Waals surface area contributed by atoms with Gasteiger partial charge in [-0.25, -0.2) is 0 Å². The van der Waals surface area contributed by atoms with Crippen molar-refractivity contribution in [3.05, 3.63) is 0 Å². The van der Waals surface area contributed by atoms with Crippen molar-refractivity contribution < 1.29 is 13.2 Å². The fourth-order valence-electron chi connectivity index (χ4n) is 3.79. The highest BCUT2D eigenvalue weighted by Crippen LogP contribution is 2.57. The first-order valence-electron chi connectivity index (χ1n) is 8.04. The second-order valence-corrected chi connectivity index (χ2v) is 6.20. The van der Waals surface area contributed by atoms with Gasteiger partial charge in [0.05, 0.1) is 5.41 Å². The van der Waals surface area contributed by atoms with Crippen molar-refractivity contribution in [3.63, 3.8) is 0 Å². The topological polar surface area (TPSA) is 0 Å². The van der Waals surface area contributed by atoms with E-state index in [9.17, 15) is 13.2 Å². The summed E-state index contributed by atoms with van der Waals surface area (Å²) < 4.78 is 40.7. The standard InChI is InChI=1S/C16H29F3/c1-3-5-6-7-11-14(10-4-2)15(16(17,18)19)12-8-9-13-15/h14H,3-13H2,1-2H3. The van der Waals surface area contributed by atoms with E-state index >= 15 is 0 Å². The van der Waals surface area contributed by atoms with Gasteiger partial charge in [-0.3, -0.25) is 0 Å². The fraction of sp³-hybridized carbons (Fsp3) is 1.00. The molecule has 1 aliphatic rings. The smallest absolute Gasteiger partial charge is 0.170 e. The summed E-state index contributed by atoms with van der Waals surface area (Å²) >= 11 is 0. The van der Waals surface area contributed by atoms with E-state index < -0.39 is 11.6 Å². The van der Waals surface area contributed by atoms with E-state index in [1.165, 1.54) is 0 Å². The van der Waals surface area contributed by atoms with Gasteiger partial charge in [-0.05, 0) is 31.6 Å². The average Bonchev–Trinajstić information content (AvgIpc) is 2.83. The third kappa shape index (κ3) is 4.13. The lowest BCUT2D eigenvalue weighted by Crippen LogP contribution is -2.42. The van der Waals surface area contributed by atoms with Crippen LogP contribution < -0.4 is 0 Å². The number of unbranched alkanes of at least 4 members (excludes halogenated alkanes) is 3. The molecule has 0 aliphatic heterocycles. The lowest BCUT2D eigenvalue weighted by atomic mass is 9.69. The molecule has 1 rings (SSSR count). The maximum Gasteiger partial charge on any atom is 0.394 e. The van der Waals surface area contributed by atoms with Crippen LogP contribution in [0.4, 0.5) is 13.2 Å². The number of hydrogen-bond donors (Lipinski definition) is 0.